The average molecular weight is 803 g/mol. The summed E-state index contributed by atoms with van der Waals surface area (Å²) in [6.45, 7) is 7.88. The first-order chi connectivity index (χ1) is 29.0. The van der Waals surface area contributed by atoms with Crippen molar-refractivity contribution in [1.29, 1.82) is 0 Å². The predicted octanol–water partition coefficient (Wildman–Crippen LogP) is 6.79. The Morgan fingerprint density at radius 3 is 2.40 bits per heavy atom. The fraction of sp³-hybridized carbons (Fsp3) is 0.277. The van der Waals surface area contributed by atoms with Crippen LogP contribution in [0, 0.1) is 11.8 Å². The summed E-state index contributed by atoms with van der Waals surface area (Å²) >= 11 is 0. The van der Waals surface area contributed by atoms with Gasteiger partial charge in [0.15, 0.2) is 0 Å². The monoisotopic (exact) mass is 802 g/mol. The van der Waals surface area contributed by atoms with Crippen molar-refractivity contribution >= 4 is 39.5 Å². The number of ether oxygens (including phenoxy) is 4. The fourth-order valence-electron chi connectivity index (χ4n) is 7.78. The first-order valence-electron chi connectivity index (χ1n) is 19.9. The summed E-state index contributed by atoms with van der Waals surface area (Å²) in [6, 6.07) is 19.9. The lowest BCUT2D eigenvalue weighted by Crippen LogP contribution is -2.51. The number of amides is 3. The number of imide groups is 1. The van der Waals surface area contributed by atoms with Gasteiger partial charge in [0.25, 0.3) is 11.8 Å². The van der Waals surface area contributed by atoms with Gasteiger partial charge in [-0.15, -0.1) is 0 Å². The van der Waals surface area contributed by atoms with Crippen LogP contribution in [-0.2, 0) is 16.6 Å². The molecule has 4 aromatic heterocycles. The summed E-state index contributed by atoms with van der Waals surface area (Å²) in [5.74, 6) is 6.43. The van der Waals surface area contributed by atoms with E-state index in [0.29, 0.717) is 41.6 Å². The number of nitrogens with one attached hydrogen (secondary N) is 1. The topological polar surface area (TPSA) is 147 Å². The highest BCUT2D eigenvalue weighted by Crippen LogP contribution is 2.34. The van der Waals surface area contributed by atoms with Crippen molar-refractivity contribution in [3.63, 3.8) is 0 Å². The molecular weight excluding hydrogens is 761 g/mol. The van der Waals surface area contributed by atoms with Crippen LogP contribution in [0.1, 0.15) is 65.9 Å². The predicted molar refractivity (Wildman–Crippen MR) is 223 cm³/mol. The number of piperidine rings is 1. The molecule has 2 fully saturated rings. The molecule has 1 unspecified atom stereocenters. The third-order valence-corrected chi connectivity index (χ3v) is 11.1. The molecule has 2 aromatic carbocycles. The Morgan fingerprint density at radius 1 is 0.817 bits per heavy atom. The molecule has 3 aliphatic rings. The van der Waals surface area contributed by atoms with Crippen molar-refractivity contribution in [1.82, 2.24) is 29.7 Å². The number of aromatic nitrogens is 4. The lowest BCUT2D eigenvalue weighted by Gasteiger charge is -2.34. The van der Waals surface area contributed by atoms with E-state index in [1.807, 2.05) is 62.8 Å². The quantitative estimate of drug-likeness (QED) is 0.0845. The number of hydrogen-bond acceptors (Lipinski definition) is 10. The van der Waals surface area contributed by atoms with Gasteiger partial charge < -0.3 is 28.8 Å². The van der Waals surface area contributed by atoms with Gasteiger partial charge in [0.2, 0.25) is 11.8 Å². The van der Waals surface area contributed by atoms with Gasteiger partial charge in [0.05, 0.1) is 29.4 Å². The van der Waals surface area contributed by atoms with Crippen molar-refractivity contribution in [3.8, 4) is 40.3 Å². The number of nitrogens with zero attached hydrogens (tertiary/aromatic N) is 5. The molecule has 6 heterocycles. The van der Waals surface area contributed by atoms with Crippen LogP contribution in [0.5, 0.6) is 17.4 Å². The van der Waals surface area contributed by atoms with Gasteiger partial charge in [0.1, 0.15) is 47.7 Å². The first-order valence-corrected chi connectivity index (χ1v) is 19.9. The number of benzene rings is 2. The molecule has 0 spiro atoms. The number of carbonyl (C=O) groups is 3. The molecule has 9 rings (SSSR count). The number of aryl methyl sites for hydroxylation is 1. The number of rotatable bonds is 11. The van der Waals surface area contributed by atoms with Gasteiger partial charge in [0, 0.05) is 72.1 Å². The van der Waals surface area contributed by atoms with Gasteiger partial charge in [-0.3, -0.25) is 24.3 Å². The third kappa shape index (κ3) is 7.65. The molecule has 1 atom stereocenters. The number of fused-ring (bicyclic) bond motifs is 4. The highest BCUT2D eigenvalue weighted by Gasteiger charge is 2.44. The largest absolute Gasteiger partial charge is 0.491 e. The lowest BCUT2D eigenvalue weighted by molar-refractivity contribution is -0.125. The second-order valence-electron chi connectivity index (χ2n) is 15.7. The Morgan fingerprint density at radius 2 is 1.62 bits per heavy atom. The van der Waals surface area contributed by atoms with Crippen LogP contribution in [0.2, 0.25) is 0 Å². The molecule has 3 amide bonds. The van der Waals surface area contributed by atoms with Crippen LogP contribution in [0.4, 0.5) is 0 Å². The number of hydrogen-bond donors (Lipinski definition) is 1. The summed E-state index contributed by atoms with van der Waals surface area (Å²) in [4.78, 5) is 53.0. The van der Waals surface area contributed by atoms with Crippen LogP contribution in [0.25, 0.3) is 32.9 Å². The number of pyridine rings is 3. The summed E-state index contributed by atoms with van der Waals surface area (Å²) in [5, 5.41) is 4.96. The molecule has 13 heteroatoms. The molecule has 0 radical (unpaired) electrons. The Hall–Kier alpha value is -7.04. The third-order valence-electron chi connectivity index (χ3n) is 11.1. The first kappa shape index (κ1) is 38.5. The highest BCUT2D eigenvalue weighted by molar-refractivity contribution is 6.23. The molecule has 2 aliphatic heterocycles. The molecule has 302 valence electrons. The summed E-state index contributed by atoms with van der Waals surface area (Å²) < 4.78 is 26.3. The maximum atomic E-state index is 13.2. The van der Waals surface area contributed by atoms with Crippen molar-refractivity contribution < 1.29 is 33.3 Å². The zero-order chi connectivity index (χ0) is 41.5. The SMILES string of the molecule is C=C1CCC(N2C(=O)c3ccc(OCCOC(C)(C)C#Cc4ccc(OC5CC(Oc6ccc(-c7ccc8c9cnccc9n(C)c8c7)cn6)C5)cn4)cc3C2=O)C(=O)N1. The molecule has 1 saturated carbocycles. The van der Waals surface area contributed by atoms with Gasteiger partial charge >= 0.3 is 0 Å². The zero-order valence-corrected chi connectivity index (χ0v) is 33.4. The van der Waals surface area contributed by atoms with Crippen molar-refractivity contribution in [3.05, 3.63) is 121 Å². The van der Waals surface area contributed by atoms with Crippen LogP contribution >= 0.6 is 0 Å². The van der Waals surface area contributed by atoms with E-state index in [1.54, 1.807) is 18.3 Å². The Kier molecular flexibility index (Phi) is 10.0. The molecule has 6 aromatic rings. The molecule has 1 N–H and O–H groups in total. The Bertz CT molecular complexity index is 2740. The molecule has 13 nitrogen and oxygen atoms in total. The Balaban J connectivity index is 0.709. The van der Waals surface area contributed by atoms with Gasteiger partial charge in [-0.1, -0.05) is 24.6 Å². The minimum atomic E-state index is -0.870. The summed E-state index contributed by atoms with van der Waals surface area (Å²) in [5.41, 5.74) is 5.21. The van der Waals surface area contributed by atoms with E-state index < -0.39 is 29.4 Å². The van der Waals surface area contributed by atoms with Gasteiger partial charge in [-0.25, -0.2) is 9.97 Å². The van der Waals surface area contributed by atoms with Crippen molar-refractivity contribution in [2.24, 2.45) is 7.05 Å². The average Bonchev–Trinajstić information content (AvgIpc) is 3.66. The van der Waals surface area contributed by atoms with Crippen LogP contribution < -0.4 is 19.5 Å². The highest BCUT2D eigenvalue weighted by atomic mass is 16.5. The minimum absolute atomic E-state index is 0.0192. The standard InChI is InChI=1S/C47H42N6O7/c1-28-5-13-41(44(54)51-28)53-45(55)37-12-10-32(24-38(37)46(53)56)57-19-20-58-47(2,3)17-15-31-8-9-33(26-49-31)59-34-22-35(23-34)60-43-14-7-30(25-50-43)29-6-11-36-39-27-48-18-16-40(39)52(4)42(36)21-29/h6-12,14,16,18,21,24-27,34-35,41H,1,5,13,19-20,22-23H2,2-4H3,(H,51,54). The molecular formula is C47H42N6O7. The maximum absolute atomic E-state index is 13.2. The van der Waals surface area contributed by atoms with Crippen LogP contribution in [-0.4, -0.2) is 79.2 Å². The maximum Gasteiger partial charge on any atom is 0.262 e. The van der Waals surface area contributed by atoms with E-state index in [4.69, 9.17) is 18.9 Å². The van der Waals surface area contributed by atoms with Crippen molar-refractivity contribution in [2.75, 3.05) is 13.2 Å². The molecule has 60 heavy (non-hydrogen) atoms. The van der Waals surface area contributed by atoms with E-state index in [-0.39, 0.29) is 36.5 Å². The van der Waals surface area contributed by atoms with E-state index in [0.717, 1.165) is 45.3 Å². The van der Waals surface area contributed by atoms with Gasteiger partial charge in [-0.05, 0) is 86.7 Å². The minimum Gasteiger partial charge on any atom is -0.491 e. The van der Waals surface area contributed by atoms with E-state index in [9.17, 15) is 14.4 Å². The molecule has 0 bridgehead atoms. The van der Waals surface area contributed by atoms with Crippen molar-refractivity contribution in [2.45, 2.75) is 63.4 Å². The second-order valence-corrected chi connectivity index (χ2v) is 15.7. The normalized spacial score (nSPS) is 18.8. The Labute approximate surface area is 346 Å². The van der Waals surface area contributed by atoms with E-state index in [2.05, 4.69) is 68.5 Å². The second kappa shape index (κ2) is 15.6. The van der Waals surface area contributed by atoms with Crippen LogP contribution in [0.15, 0.2) is 104 Å². The van der Waals surface area contributed by atoms with Gasteiger partial charge in [-0.2, -0.15) is 0 Å². The summed E-state index contributed by atoms with van der Waals surface area (Å²) in [6.07, 6.45) is 9.62. The van der Waals surface area contributed by atoms with Crippen LogP contribution in [0.3, 0.4) is 0 Å². The zero-order valence-electron chi connectivity index (χ0n) is 33.4. The summed E-state index contributed by atoms with van der Waals surface area (Å²) in [7, 11) is 2.07. The van der Waals surface area contributed by atoms with E-state index in [1.165, 1.54) is 11.5 Å². The fourth-order valence-corrected chi connectivity index (χ4v) is 7.78. The number of allylic oxidation sites excluding steroid dienone is 1. The lowest BCUT2D eigenvalue weighted by atomic mass is 9.92. The smallest absolute Gasteiger partial charge is 0.262 e. The number of carbonyl (C=O) groups excluding carboxylic acids is 3. The van der Waals surface area contributed by atoms with E-state index >= 15 is 0 Å². The molecule has 1 saturated heterocycles. The molecule has 1 aliphatic carbocycles.